The van der Waals surface area contributed by atoms with Gasteiger partial charge in [-0.25, -0.2) is 8.42 Å². The summed E-state index contributed by atoms with van der Waals surface area (Å²) in [6, 6.07) is 5.11. The number of halogens is 1. The number of sulfonamides is 1. The van der Waals surface area contributed by atoms with Crippen LogP contribution in [0.3, 0.4) is 0 Å². The molecule has 0 saturated heterocycles. The molecular weight excluding hydrogens is 274 g/mol. The van der Waals surface area contributed by atoms with Gasteiger partial charge in [-0.05, 0) is 24.6 Å². The highest BCUT2D eigenvalue weighted by molar-refractivity contribution is 7.92. The van der Waals surface area contributed by atoms with Crippen LogP contribution in [0.5, 0.6) is 0 Å². The minimum atomic E-state index is -3.65. The second-order valence-electron chi connectivity index (χ2n) is 3.94. The maximum atomic E-state index is 12.0. The average Bonchev–Trinajstić information content (AvgIpc) is 2.70. The quantitative estimate of drug-likeness (QED) is 0.940. The SMILES string of the molecule is Cc1ccc(NS(=O)(=O)c2cnn(C)c2)c(Cl)c1. The first-order valence-corrected chi connectivity index (χ1v) is 7.02. The zero-order chi connectivity index (χ0) is 13.3. The molecule has 0 fully saturated rings. The van der Waals surface area contributed by atoms with Crippen LogP contribution >= 0.6 is 11.6 Å². The smallest absolute Gasteiger partial charge is 0.265 e. The number of hydrogen-bond donors (Lipinski definition) is 1. The molecule has 0 amide bonds. The zero-order valence-corrected chi connectivity index (χ0v) is 11.5. The Balaban J connectivity index is 2.33. The molecule has 2 rings (SSSR count). The summed E-state index contributed by atoms with van der Waals surface area (Å²) >= 11 is 5.98. The Hall–Kier alpha value is -1.53. The van der Waals surface area contributed by atoms with Gasteiger partial charge in [-0.1, -0.05) is 17.7 Å². The van der Waals surface area contributed by atoms with Crippen molar-refractivity contribution in [2.75, 3.05) is 4.72 Å². The van der Waals surface area contributed by atoms with E-state index in [0.29, 0.717) is 10.7 Å². The lowest BCUT2D eigenvalue weighted by molar-refractivity contribution is 0.601. The lowest BCUT2D eigenvalue weighted by Gasteiger charge is -2.08. The van der Waals surface area contributed by atoms with Crippen molar-refractivity contribution in [1.82, 2.24) is 9.78 Å². The summed E-state index contributed by atoms with van der Waals surface area (Å²) < 4.78 is 27.9. The van der Waals surface area contributed by atoms with Crippen molar-refractivity contribution >= 4 is 27.3 Å². The molecule has 0 bridgehead atoms. The third-order valence-electron chi connectivity index (χ3n) is 2.36. The molecule has 1 aromatic carbocycles. The molecule has 5 nitrogen and oxygen atoms in total. The number of aromatic nitrogens is 2. The Labute approximate surface area is 110 Å². The fourth-order valence-corrected chi connectivity index (χ4v) is 2.85. The maximum absolute atomic E-state index is 12.0. The van der Waals surface area contributed by atoms with Gasteiger partial charge in [0.2, 0.25) is 0 Å². The molecule has 0 unspecified atom stereocenters. The van der Waals surface area contributed by atoms with Gasteiger partial charge < -0.3 is 0 Å². The fourth-order valence-electron chi connectivity index (χ4n) is 1.44. The van der Waals surface area contributed by atoms with Gasteiger partial charge in [-0.15, -0.1) is 0 Å². The van der Waals surface area contributed by atoms with Crippen molar-refractivity contribution in [2.24, 2.45) is 7.05 Å². The minimum Gasteiger partial charge on any atom is -0.278 e. The second kappa shape index (κ2) is 4.62. The van der Waals surface area contributed by atoms with Gasteiger partial charge in [0.05, 0.1) is 16.9 Å². The van der Waals surface area contributed by atoms with Gasteiger partial charge in [0.25, 0.3) is 10.0 Å². The van der Waals surface area contributed by atoms with E-state index < -0.39 is 10.0 Å². The number of rotatable bonds is 3. The maximum Gasteiger partial charge on any atom is 0.265 e. The van der Waals surface area contributed by atoms with Crippen molar-refractivity contribution in [3.8, 4) is 0 Å². The van der Waals surface area contributed by atoms with E-state index in [-0.39, 0.29) is 4.90 Å². The molecule has 2 aromatic rings. The van der Waals surface area contributed by atoms with E-state index in [2.05, 4.69) is 9.82 Å². The van der Waals surface area contributed by atoms with Gasteiger partial charge in [0.15, 0.2) is 0 Å². The molecule has 0 aliphatic rings. The largest absolute Gasteiger partial charge is 0.278 e. The van der Waals surface area contributed by atoms with Crippen LogP contribution in [0.2, 0.25) is 5.02 Å². The van der Waals surface area contributed by atoms with Gasteiger partial charge in [-0.3, -0.25) is 9.40 Å². The summed E-state index contributed by atoms with van der Waals surface area (Å²) in [6.07, 6.45) is 2.70. The Morgan fingerprint density at radius 2 is 2.11 bits per heavy atom. The van der Waals surface area contributed by atoms with E-state index in [4.69, 9.17) is 11.6 Å². The third-order valence-corrected chi connectivity index (χ3v) is 3.99. The molecule has 1 aromatic heterocycles. The van der Waals surface area contributed by atoms with Crippen LogP contribution in [0, 0.1) is 6.92 Å². The zero-order valence-electron chi connectivity index (χ0n) is 9.88. The molecule has 18 heavy (non-hydrogen) atoms. The Morgan fingerprint density at radius 3 is 2.67 bits per heavy atom. The van der Waals surface area contributed by atoms with E-state index >= 15 is 0 Å². The first-order valence-electron chi connectivity index (χ1n) is 5.16. The molecule has 96 valence electrons. The number of anilines is 1. The van der Waals surface area contributed by atoms with Crippen LogP contribution in [0.1, 0.15) is 5.56 Å². The minimum absolute atomic E-state index is 0.0987. The van der Waals surface area contributed by atoms with Crippen molar-refractivity contribution in [3.63, 3.8) is 0 Å². The molecule has 0 aliphatic heterocycles. The van der Waals surface area contributed by atoms with Gasteiger partial charge >= 0.3 is 0 Å². The van der Waals surface area contributed by atoms with E-state index in [0.717, 1.165) is 5.56 Å². The number of nitrogens with one attached hydrogen (secondary N) is 1. The van der Waals surface area contributed by atoms with Crippen molar-refractivity contribution in [3.05, 3.63) is 41.2 Å². The summed E-state index contributed by atoms with van der Waals surface area (Å²) in [4.78, 5) is 0.0987. The normalized spacial score (nSPS) is 11.5. The van der Waals surface area contributed by atoms with Gasteiger partial charge in [0.1, 0.15) is 4.90 Å². The highest BCUT2D eigenvalue weighted by Crippen LogP contribution is 2.25. The van der Waals surface area contributed by atoms with Crippen molar-refractivity contribution in [2.45, 2.75) is 11.8 Å². The molecule has 1 N–H and O–H groups in total. The van der Waals surface area contributed by atoms with E-state index in [1.54, 1.807) is 25.2 Å². The summed E-state index contributed by atoms with van der Waals surface area (Å²) in [6.45, 7) is 1.88. The molecule has 0 aliphatic carbocycles. The number of hydrogen-bond acceptors (Lipinski definition) is 3. The predicted octanol–water partition coefficient (Wildman–Crippen LogP) is 2.18. The topological polar surface area (TPSA) is 64.0 Å². The van der Waals surface area contributed by atoms with Crippen LogP contribution in [0.15, 0.2) is 35.5 Å². The van der Waals surface area contributed by atoms with Gasteiger partial charge in [0, 0.05) is 13.2 Å². The molecule has 0 saturated carbocycles. The third kappa shape index (κ3) is 2.65. The molecule has 0 atom stereocenters. The molecule has 1 heterocycles. The highest BCUT2D eigenvalue weighted by Gasteiger charge is 2.17. The number of nitrogens with zero attached hydrogens (tertiary/aromatic N) is 2. The van der Waals surface area contributed by atoms with Crippen molar-refractivity contribution < 1.29 is 8.42 Å². The monoisotopic (exact) mass is 285 g/mol. The van der Waals surface area contributed by atoms with E-state index in [1.165, 1.54) is 17.1 Å². The van der Waals surface area contributed by atoms with Crippen LogP contribution in [0.4, 0.5) is 5.69 Å². The van der Waals surface area contributed by atoms with E-state index in [1.807, 2.05) is 6.92 Å². The predicted molar refractivity (Wildman–Crippen MR) is 70.2 cm³/mol. The standard InChI is InChI=1S/C11H12ClN3O2S/c1-8-3-4-11(10(12)5-8)14-18(16,17)9-6-13-15(2)7-9/h3-7,14H,1-2H3. The number of aryl methyl sites for hydroxylation is 2. The summed E-state index contributed by atoms with van der Waals surface area (Å²) in [5.74, 6) is 0. The molecular formula is C11H12ClN3O2S. The van der Waals surface area contributed by atoms with Crippen LogP contribution in [-0.4, -0.2) is 18.2 Å². The molecule has 7 heteroatoms. The summed E-state index contributed by atoms with van der Waals surface area (Å²) in [7, 11) is -1.99. The van der Waals surface area contributed by atoms with Crippen LogP contribution in [0.25, 0.3) is 0 Å². The Kier molecular flexibility index (Phi) is 3.32. The Morgan fingerprint density at radius 1 is 1.39 bits per heavy atom. The first kappa shape index (κ1) is 12.9. The molecule has 0 radical (unpaired) electrons. The van der Waals surface area contributed by atoms with Crippen LogP contribution < -0.4 is 4.72 Å². The Bertz CT molecular complexity index is 679. The van der Waals surface area contributed by atoms with E-state index in [9.17, 15) is 8.42 Å². The number of benzene rings is 1. The summed E-state index contributed by atoms with van der Waals surface area (Å²) in [5.41, 5.74) is 1.32. The van der Waals surface area contributed by atoms with Crippen LogP contribution in [-0.2, 0) is 17.1 Å². The lowest BCUT2D eigenvalue weighted by Crippen LogP contribution is -2.12. The molecule has 0 spiro atoms. The average molecular weight is 286 g/mol. The van der Waals surface area contributed by atoms with Gasteiger partial charge in [-0.2, -0.15) is 5.10 Å². The fraction of sp³-hybridized carbons (Fsp3) is 0.182. The first-order chi connectivity index (χ1) is 8.38. The lowest BCUT2D eigenvalue weighted by atomic mass is 10.2. The highest BCUT2D eigenvalue weighted by atomic mass is 35.5. The second-order valence-corrected chi connectivity index (χ2v) is 6.03. The van der Waals surface area contributed by atoms with Crippen molar-refractivity contribution in [1.29, 1.82) is 0 Å². The summed E-state index contributed by atoms with van der Waals surface area (Å²) in [5, 5.41) is 4.19.